The van der Waals surface area contributed by atoms with Crippen molar-refractivity contribution in [3.05, 3.63) is 65.7 Å². The molecule has 2 aromatic rings. The Kier molecular flexibility index (Phi) is 7.20. The van der Waals surface area contributed by atoms with E-state index in [1.54, 1.807) is 14.2 Å². The predicted molar refractivity (Wildman–Crippen MR) is 104 cm³/mol. The number of methoxy groups -OCH3 is 2. The largest absolute Gasteiger partial charge is 0.497 e. The van der Waals surface area contributed by atoms with Crippen molar-refractivity contribution in [3.8, 4) is 5.75 Å². The third-order valence-electron chi connectivity index (χ3n) is 4.66. The molecule has 0 aliphatic heterocycles. The van der Waals surface area contributed by atoms with Crippen LogP contribution in [0, 0.1) is 0 Å². The van der Waals surface area contributed by atoms with E-state index >= 15 is 0 Å². The van der Waals surface area contributed by atoms with Gasteiger partial charge in [-0.1, -0.05) is 49.4 Å². The minimum atomic E-state index is -3.42. The number of aryl methyl sites for hydroxylation is 1. The van der Waals surface area contributed by atoms with Crippen LogP contribution in [-0.2, 0) is 26.8 Å². The third kappa shape index (κ3) is 5.30. The van der Waals surface area contributed by atoms with Gasteiger partial charge in [0.15, 0.2) is 0 Å². The van der Waals surface area contributed by atoms with E-state index in [0.29, 0.717) is 12.8 Å². The summed E-state index contributed by atoms with van der Waals surface area (Å²) in [5, 5.41) is 0. The molecule has 0 saturated carbocycles. The second-order valence-corrected chi connectivity index (χ2v) is 8.08. The van der Waals surface area contributed by atoms with Crippen LogP contribution in [-0.4, -0.2) is 34.9 Å². The lowest BCUT2D eigenvalue weighted by molar-refractivity contribution is -0.0133. The van der Waals surface area contributed by atoms with E-state index in [2.05, 4.69) is 4.72 Å². The van der Waals surface area contributed by atoms with Gasteiger partial charge in [0, 0.05) is 13.7 Å². The number of rotatable bonds is 10. The molecule has 1 atom stereocenters. The average molecular weight is 378 g/mol. The molecular weight excluding hydrogens is 350 g/mol. The predicted octanol–water partition coefficient (Wildman–Crippen LogP) is 3.11. The van der Waals surface area contributed by atoms with Gasteiger partial charge in [0.2, 0.25) is 10.0 Å². The summed E-state index contributed by atoms with van der Waals surface area (Å²) in [5.74, 6) is 0.780. The third-order valence-corrected chi connectivity index (χ3v) is 5.98. The number of benzene rings is 2. The highest BCUT2D eigenvalue weighted by atomic mass is 32.2. The molecule has 5 nitrogen and oxygen atoms in total. The molecule has 0 radical (unpaired) electrons. The molecule has 26 heavy (non-hydrogen) atoms. The van der Waals surface area contributed by atoms with Crippen molar-refractivity contribution < 1.29 is 17.9 Å². The Morgan fingerprint density at radius 3 is 2.19 bits per heavy atom. The molecule has 1 unspecified atom stereocenters. The number of sulfonamides is 1. The lowest BCUT2D eigenvalue weighted by atomic mass is 9.91. The quantitative estimate of drug-likeness (QED) is 0.691. The van der Waals surface area contributed by atoms with Gasteiger partial charge >= 0.3 is 0 Å². The van der Waals surface area contributed by atoms with Crippen molar-refractivity contribution in [2.45, 2.75) is 25.4 Å². The molecule has 0 aliphatic rings. The highest BCUT2D eigenvalue weighted by molar-refractivity contribution is 7.89. The number of hydrogen-bond acceptors (Lipinski definition) is 4. The molecule has 0 amide bonds. The lowest BCUT2D eigenvalue weighted by Gasteiger charge is -2.32. The van der Waals surface area contributed by atoms with Crippen LogP contribution in [0.2, 0.25) is 0 Å². The first kappa shape index (κ1) is 20.4. The highest BCUT2D eigenvalue weighted by Gasteiger charge is 2.31. The van der Waals surface area contributed by atoms with Gasteiger partial charge < -0.3 is 9.47 Å². The molecule has 2 rings (SSSR count). The Balaban J connectivity index is 2.00. The first-order chi connectivity index (χ1) is 12.4. The van der Waals surface area contributed by atoms with Gasteiger partial charge in [0.25, 0.3) is 0 Å². The van der Waals surface area contributed by atoms with Gasteiger partial charge in [-0.25, -0.2) is 13.1 Å². The molecule has 0 aromatic heterocycles. The zero-order chi connectivity index (χ0) is 19.0. The zero-order valence-electron chi connectivity index (χ0n) is 15.6. The summed E-state index contributed by atoms with van der Waals surface area (Å²) in [4.78, 5) is 0. The maximum Gasteiger partial charge on any atom is 0.212 e. The van der Waals surface area contributed by atoms with E-state index in [4.69, 9.17) is 9.47 Å². The Labute approximate surface area is 156 Å². The monoisotopic (exact) mass is 377 g/mol. The summed E-state index contributed by atoms with van der Waals surface area (Å²) in [7, 11) is -0.202. The molecule has 0 spiro atoms. The average Bonchev–Trinajstić information content (AvgIpc) is 2.69. The maximum atomic E-state index is 12.4. The summed E-state index contributed by atoms with van der Waals surface area (Å²) < 4.78 is 38.4. The molecule has 0 saturated heterocycles. The SMILES string of the molecule is CCC(CNS(=O)(=O)CCc1ccc(OC)cc1)(OC)c1ccccc1. The van der Waals surface area contributed by atoms with Crippen molar-refractivity contribution in [3.63, 3.8) is 0 Å². The van der Waals surface area contributed by atoms with Gasteiger partial charge in [-0.2, -0.15) is 0 Å². The number of nitrogens with one attached hydrogen (secondary N) is 1. The van der Waals surface area contributed by atoms with E-state index in [0.717, 1.165) is 16.9 Å². The molecule has 1 N–H and O–H groups in total. The van der Waals surface area contributed by atoms with Gasteiger partial charge in [0.1, 0.15) is 11.4 Å². The number of ether oxygens (including phenoxy) is 2. The van der Waals surface area contributed by atoms with E-state index in [1.165, 1.54) is 0 Å². The summed E-state index contributed by atoms with van der Waals surface area (Å²) >= 11 is 0. The Hall–Kier alpha value is -1.89. The second kappa shape index (κ2) is 9.16. The normalized spacial score (nSPS) is 14.0. The molecule has 6 heteroatoms. The van der Waals surface area contributed by atoms with Crippen LogP contribution in [0.5, 0.6) is 5.75 Å². The van der Waals surface area contributed by atoms with Crippen LogP contribution in [0.3, 0.4) is 0 Å². The van der Waals surface area contributed by atoms with Crippen molar-refractivity contribution in [2.75, 3.05) is 26.5 Å². The van der Waals surface area contributed by atoms with Crippen molar-refractivity contribution >= 4 is 10.0 Å². The summed E-state index contributed by atoms with van der Waals surface area (Å²) in [6, 6.07) is 17.1. The molecule has 142 valence electrons. The van der Waals surface area contributed by atoms with Gasteiger partial charge in [0.05, 0.1) is 12.9 Å². The second-order valence-electron chi connectivity index (χ2n) is 6.16. The van der Waals surface area contributed by atoms with Crippen LogP contribution in [0.1, 0.15) is 24.5 Å². The van der Waals surface area contributed by atoms with Crippen molar-refractivity contribution in [1.29, 1.82) is 0 Å². The van der Waals surface area contributed by atoms with Gasteiger partial charge in [-0.3, -0.25) is 0 Å². The topological polar surface area (TPSA) is 64.6 Å². The Bertz CT molecular complexity index is 769. The standard InChI is InChI=1S/C20H27NO4S/c1-4-20(25-3,18-8-6-5-7-9-18)16-21-26(22,23)15-14-17-10-12-19(24-2)13-11-17/h5-13,21H,4,14-16H2,1-3H3. The minimum Gasteiger partial charge on any atom is -0.497 e. The first-order valence-electron chi connectivity index (χ1n) is 8.65. The molecular formula is C20H27NO4S. The maximum absolute atomic E-state index is 12.4. The van der Waals surface area contributed by atoms with Crippen LogP contribution in [0.25, 0.3) is 0 Å². The molecule has 0 fully saturated rings. The fraction of sp³-hybridized carbons (Fsp3) is 0.400. The number of hydrogen-bond donors (Lipinski definition) is 1. The van der Waals surface area contributed by atoms with Gasteiger partial charge in [-0.15, -0.1) is 0 Å². The summed E-state index contributed by atoms with van der Waals surface area (Å²) in [6.45, 7) is 2.19. The van der Waals surface area contributed by atoms with E-state index in [-0.39, 0.29) is 12.3 Å². The Morgan fingerprint density at radius 2 is 1.65 bits per heavy atom. The van der Waals surface area contributed by atoms with Crippen LogP contribution in [0.15, 0.2) is 54.6 Å². The molecule has 0 heterocycles. The lowest BCUT2D eigenvalue weighted by Crippen LogP contribution is -2.42. The first-order valence-corrected chi connectivity index (χ1v) is 10.3. The highest BCUT2D eigenvalue weighted by Crippen LogP contribution is 2.28. The fourth-order valence-corrected chi connectivity index (χ4v) is 3.95. The fourth-order valence-electron chi connectivity index (χ4n) is 2.85. The van der Waals surface area contributed by atoms with Crippen LogP contribution < -0.4 is 9.46 Å². The van der Waals surface area contributed by atoms with E-state index in [9.17, 15) is 8.42 Å². The van der Waals surface area contributed by atoms with E-state index in [1.807, 2.05) is 61.5 Å². The molecule has 2 aromatic carbocycles. The molecule has 0 aliphatic carbocycles. The van der Waals surface area contributed by atoms with Crippen LogP contribution in [0.4, 0.5) is 0 Å². The molecule has 0 bridgehead atoms. The van der Waals surface area contributed by atoms with E-state index < -0.39 is 15.6 Å². The smallest absolute Gasteiger partial charge is 0.212 e. The van der Waals surface area contributed by atoms with Crippen molar-refractivity contribution in [1.82, 2.24) is 4.72 Å². The zero-order valence-corrected chi connectivity index (χ0v) is 16.4. The summed E-state index contributed by atoms with van der Waals surface area (Å²) in [5.41, 5.74) is 1.24. The summed E-state index contributed by atoms with van der Waals surface area (Å²) in [6.07, 6.45) is 1.10. The van der Waals surface area contributed by atoms with Crippen LogP contribution >= 0.6 is 0 Å². The minimum absolute atomic E-state index is 0.0254. The van der Waals surface area contributed by atoms with Crippen molar-refractivity contribution in [2.24, 2.45) is 0 Å². The van der Waals surface area contributed by atoms with Gasteiger partial charge in [-0.05, 0) is 36.1 Å². The Morgan fingerprint density at radius 1 is 1.00 bits per heavy atom.